The van der Waals surface area contributed by atoms with Crippen molar-refractivity contribution in [3.8, 4) is 17.3 Å². The molecule has 0 amide bonds. The molecule has 30 heavy (non-hydrogen) atoms. The fourth-order valence-electron chi connectivity index (χ4n) is 3.61. The van der Waals surface area contributed by atoms with Crippen LogP contribution in [0.4, 0.5) is 13.8 Å². The van der Waals surface area contributed by atoms with Crippen LogP contribution in [0.3, 0.4) is 0 Å². The number of hydrogen-bond donors (Lipinski definition) is 2. The molecule has 5 rings (SSSR count). The van der Waals surface area contributed by atoms with E-state index in [9.17, 15) is 14.0 Å². The van der Waals surface area contributed by atoms with Gasteiger partial charge in [0.05, 0.1) is 16.5 Å². The number of pyridine rings is 1. The first-order chi connectivity index (χ1) is 14.4. The summed E-state index contributed by atoms with van der Waals surface area (Å²) >= 11 is 0.966. The number of halogens is 2. The van der Waals surface area contributed by atoms with Gasteiger partial charge in [-0.15, -0.1) is 11.3 Å². The van der Waals surface area contributed by atoms with Gasteiger partial charge in [-0.2, -0.15) is 10.4 Å². The number of nitriles is 1. The number of nitrogens with one attached hydrogen (secondary N) is 1. The average Bonchev–Trinajstić information content (AvgIpc) is 3.43. The molecule has 1 aliphatic heterocycles. The minimum Gasteiger partial charge on any atom is -0.389 e. The van der Waals surface area contributed by atoms with Crippen LogP contribution in [0.2, 0.25) is 0 Å². The van der Waals surface area contributed by atoms with Gasteiger partial charge >= 0.3 is 0 Å². The molecule has 0 bridgehead atoms. The monoisotopic (exact) mass is 426 g/mol. The van der Waals surface area contributed by atoms with Gasteiger partial charge in [0.1, 0.15) is 28.1 Å². The first kappa shape index (κ1) is 20.2. The van der Waals surface area contributed by atoms with E-state index in [1.165, 1.54) is 48.7 Å². The van der Waals surface area contributed by atoms with Crippen molar-refractivity contribution in [2.75, 3.05) is 18.8 Å². The number of rotatable bonds is 1. The van der Waals surface area contributed by atoms with Gasteiger partial charge in [-0.1, -0.05) is 6.92 Å². The van der Waals surface area contributed by atoms with Gasteiger partial charge in [0.2, 0.25) is 0 Å². The summed E-state index contributed by atoms with van der Waals surface area (Å²) < 4.78 is 30.7. The molecule has 1 atom stereocenters. The van der Waals surface area contributed by atoms with E-state index in [0.717, 1.165) is 17.3 Å². The summed E-state index contributed by atoms with van der Waals surface area (Å²) in [6, 6.07) is 4.61. The Labute approximate surface area is 175 Å². The molecule has 0 saturated carbocycles. The van der Waals surface area contributed by atoms with Crippen molar-refractivity contribution < 1.29 is 8.78 Å². The number of aryl methyl sites for hydroxylation is 1. The lowest BCUT2D eigenvalue weighted by molar-refractivity contribution is 0.624. The Hall–Kier alpha value is -3.09. The summed E-state index contributed by atoms with van der Waals surface area (Å²) in [6.45, 7) is 4.75. The second-order valence-corrected chi connectivity index (χ2v) is 8.40. The largest absolute Gasteiger partial charge is 0.389 e. The van der Waals surface area contributed by atoms with Crippen LogP contribution in [0.25, 0.3) is 32.2 Å². The SMILES string of the molecule is CC1CCNC1.Cn1ncc2cnc(-c3ccc(F)c4sc(N)c(C#N)c34)c(F)c21. The zero-order chi connectivity index (χ0) is 21.4. The molecule has 0 radical (unpaired) electrons. The Morgan fingerprint density at radius 1 is 1.33 bits per heavy atom. The number of nitrogens with two attached hydrogens (primary N) is 1. The number of benzene rings is 1. The van der Waals surface area contributed by atoms with Crippen molar-refractivity contribution >= 4 is 37.3 Å². The Morgan fingerprint density at radius 3 is 2.77 bits per heavy atom. The van der Waals surface area contributed by atoms with Crippen LogP contribution in [0, 0.1) is 28.9 Å². The molecule has 9 heteroatoms. The average molecular weight is 426 g/mol. The van der Waals surface area contributed by atoms with E-state index in [0.29, 0.717) is 16.5 Å². The lowest BCUT2D eigenvalue weighted by atomic mass is 10.0. The third-order valence-electron chi connectivity index (χ3n) is 5.21. The summed E-state index contributed by atoms with van der Waals surface area (Å²) in [5, 5.41) is 17.7. The van der Waals surface area contributed by atoms with Crippen molar-refractivity contribution in [2.45, 2.75) is 13.3 Å². The second kappa shape index (κ2) is 7.97. The van der Waals surface area contributed by atoms with Crippen LogP contribution < -0.4 is 11.1 Å². The topological polar surface area (TPSA) is 92.6 Å². The van der Waals surface area contributed by atoms with E-state index >= 15 is 0 Å². The summed E-state index contributed by atoms with van der Waals surface area (Å²) in [5.41, 5.74) is 6.61. The van der Waals surface area contributed by atoms with Gasteiger partial charge in [-0.25, -0.2) is 8.78 Å². The van der Waals surface area contributed by atoms with Crippen LogP contribution in [-0.4, -0.2) is 27.9 Å². The smallest absolute Gasteiger partial charge is 0.175 e. The Bertz CT molecular complexity index is 1280. The normalized spacial score (nSPS) is 15.9. The fraction of sp³-hybridized carbons (Fsp3) is 0.286. The van der Waals surface area contributed by atoms with Gasteiger partial charge in [-0.3, -0.25) is 9.67 Å². The molecule has 1 aliphatic rings. The van der Waals surface area contributed by atoms with Crippen molar-refractivity contribution in [2.24, 2.45) is 13.0 Å². The van der Waals surface area contributed by atoms with Crippen LogP contribution >= 0.6 is 11.3 Å². The molecule has 1 fully saturated rings. The first-order valence-electron chi connectivity index (χ1n) is 9.50. The van der Waals surface area contributed by atoms with Crippen molar-refractivity contribution in [3.05, 3.63) is 41.7 Å². The predicted molar refractivity (Wildman–Crippen MR) is 115 cm³/mol. The second-order valence-electron chi connectivity index (χ2n) is 7.34. The lowest BCUT2D eigenvalue weighted by Crippen LogP contribution is -2.06. The minimum absolute atomic E-state index is 0.0328. The van der Waals surface area contributed by atoms with Gasteiger partial charge in [0.25, 0.3) is 0 Å². The summed E-state index contributed by atoms with van der Waals surface area (Å²) in [7, 11) is 1.62. The fourth-order valence-corrected chi connectivity index (χ4v) is 4.55. The standard InChI is InChI=1S/C16H9F2N5S.C5H11N/c1-23-14-7(6-22-23)5-21-13(12(14)18)8-2-3-10(17)15-11(8)9(4-19)16(20)24-15;1-5-2-3-6-4-5/h2-3,5-6H,20H2,1H3;5-6H,2-4H2,1H3. The highest BCUT2D eigenvalue weighted by Crippen LogP contribution is 2.41. The van der Waals surface area contributed by atoms with Crippen molar-refractivity contribution in [1.82, 2.24) is 20.1 Å². The number of aromatic nitrogens is 3. The first-order valence-corrected chi connectivity index (χ1v) is 10.3. The molecule has 1 aromatic carbocycles. The zero-order valence-electron chi connectivity index (χ0n) is 16.5. The molecular formula is C21H20F2N6S. The van der Waals surface area contributed by atoms with E-state index in [2.05, 4.69) is 22.3 Å². The van der Waals surface area contributed by atoms with E-state index in [1.807, 2.05) is 6.07 Å². The quantitative estimate of drug-likeness (QED) is 0.476. The number of nitrogens with zero attached hydrogens (tertiary/aromatic N) is 4. The molecular weight excluding hydrogens is 406 g/mol. The van der Waals surface area contributed by atoms with Crippen LogP contribution in [-0.2, 0) is 7.05 Å². The van der Waals surface area contributed by atoms with E-state index in [-0.39, 0.29) is 26.3 Å². The Kier molecular flexibility index (Phi) is 5.37. The molecule has 4 aromatic rings. The number of hydrogen-bond acceptors (Lipinski definition) is 6. The highest BCUT2D eigenvalue weighted by molar-refractivity contribution is 7.23. The molecule has 154 valence electrons. The molecule has 3 N–H and O–H groups in total. The molecule has 6 nitrogen and oxygen atoms in total. The maximum atomic E-state index is 15.0. The van der Waals surface area contributed by atoms with Gasteiger partial charge in [-0.05, 0) is 37.6 Å². The van der Waals surface area contributed by atoms with E-state index in [4.69, 9.17) is 5.73 Å². The lowest BCUT2D eigenvalue weighted by Gasteiger charge is -2.07. The molecule has 3 aromatic heterocycles. The highest BCUT2D eigenvalue weighted by atomic mass is 32.1. The maximum Gasteiger partial charge on any atom is 0.175 e. The number of fused-ring (bicyclic) bond motifs is 2. The van der Waals surface area contributed by atoms with Crippen LogP contribution in [0.1, 0.15) is 18.9 Å². The van der Waals surface area contributed by atoms with Crippen molar-refractivity contribution in [1.29, 1.82) is 5.26 Å². The summed E-state index contributed by atoms with van der Waals surface area (Å²) in [4.78, 5) is 4.16. The third-order valence-corrected chi connectivity index (χ3v) is 6.23. The number of thiophene rings is 1. The van der Waals surface area contributed by atoms with Gasteiger partial charge < -0.3 is 11.1 Å². The Morgan fingerprint density at radius 2 is 2.13 bits per heavy atom. The maximum absolute atomic E-state index is 15.0. The van der Waals surface area contributed by atoms with Gasteiger partial charge in [0, 0.05) is 29.6 Å². The highest BCUT2D eigenvalue weighted by Gasteiger charge is 2.22. The Balaban J connectivity index is 0.000000313. The van der Waals surface area contributed by atoms with Gasteiger partial charge in [0.15, 0.2) is 5.82 Å². The zero-order valence-corrected chi connectivity index (χ0v) is 17.4. The van der Waals surface area contributed by atoms with E-state index in [1.54, 1.807) is 7.05 Å². The summed E-state index contributed by atoms with van der Waals surface area (Å²) in [5.74, 6) is -0.145. The third kappa shape index (κ3) is 3.38. The predicted octanol–water partition coefficient (Wildman–Crippen LogP) is 4.20. The molecule has 1 saturated heterocycles. The summed E-state index contributed by atoms with van der Waals surface area (Å²) in [6.07, 6.45) is 4.39. The molecule has 1 unspecified atom stereocenters. The van der Waals surface area contributed by atoms with Crippen LogP contribution in [0.15, 0.2) is 24.5 Å². The van der Waals surface area contributed by atoms with E-state index < -0.39 is 11.6 Å². The number of anilines is 1. The minimum atomic E-state index is -0.575. The van der Waals surface area contributed by atoms with Crippen molar-refractivity contribution in [3.63, 3.8) is 0 Å². The molecule has 4 heterocycles. The molecule has 0 spiro atoms. The van der Waals surface area contributed by atoms with Crippen LogP contribution in [0.5, 0.6) is 0 Å². The number of nitrogen functional groups attached to an aromatic ring is 1. The molecule has 0 aliphatic carbocycles.